The van der Waals surface area contributed by atoms with E-state index in [9.17, 15) is 0 Å². The molecule has 0 amide bonds. The molecule has 0 radical (unpaired) electrons. The van der Waals surface area contributed by atoms with Crippen molar-refractivity contribution in [3.8, 4) is 0 Å². The van der Waals surface area contributed by atoms with E-state index in [-0.39, 0.29) is 5.54 Å². The topological polar surface area (TPSA) is 24.9 Å². The van der Waals surface area contributed by atoms with Crippen LogP contribution in [-0.4, -0.2) is 17.1 Å². The molecule has 3 heteroatoms. The molecule has 0 saturated carbocycles. The predicted molar refractivity (Wildman–Crippen MR) is 95.6 cm³/mol. The van der Waals surface area contributed by atoms with Gasteiger partial charge >= 0.3 is 0 Å². The normalized spacial score (nSPS) is 15.0. The van der Waals surface area contributed by atoms with Crippen LogP contribution in [0.25, 0.3) is 0 Å². The van der Waals surface area contributed by atoms with Crippen LogP contribution in [-0.2, 0) is 6.42 Å². The van der Waals surface area contributed by atoms with Crippen molar-refractivity contribution >= 4 is 15.9 Å². The first-order valence-electron chi connectivity index (χ1n) is 8.16. The summed E-state index contributed by atoms with van der Waals surface area (Å²) in [6.07, 6.45) is 7.96. The van der Waals surface area contributed by atoms with Gasteiger partial charge in [-0.25, -0.2) is 0 Å². The molecule has 21 heavy (non-hydrogen) atoms. The lowest BCUT2D eigenvalue weighted by molar-refractivity contribution is 0.204. The third-order valence-corrected chi connectivity index (χ3v) is 4.62. The molecule has 0 fully saturated rings. The summed E-state index contributed by atoms with van der Waals surface area (Å²) in [5, 5.41) is 3.72. The number of hydrogen-bond acceptors (Lipinski definition) is 2. The molecule has 1 heterocycles. The molecule has 0 saturated heterocycles. The number of hydrogen-bond donors (Lipinski definition) is 1. The van der Waals surface area contributed by atoms with E-state index in [0.717, 1.165) is 17.4 Å². The first-order chi connectivity index (χ1) is 9.80. The van der Waals surface area contributed by atoms with Crippen molar-refractivity contribution in [1.29, 1.82) is 0 Å². The number of nitrogens with one attached hydrogen (secondary N) is 1. The van der Waals surface area contributed by atoms with E-state index in [1.165, 1.54) is 31.4 Å². The van der Waals surface area contributed by atoms with Gasteiger partial charge in [0.25, 0.3) is 0 Å². The molecule has 1 aromatic heterocycles. The van der Waals surface area contributed by atoms with Crippen LogP contribution in [0.4, 0.5) is 0 Å². The standard InChI is InChI=1S/C18H31BrN2/c1-6-8-11-18(7-2,14-21-17(3,4)5)12-16-10-9-15(19)13-20-16/h9-10,13,21H,6-8,11-12,14H2,1-5H3. The number of unbranched alkanes of at least 4 members (excludes halogenated alkanes) is 1. The van der Waals surface area contributed by atoms with Crippen molar-refractivity contribution < 1.29 is 0 Å². The number of aromatic nitrogens is 1. The lowest BCUT2D eigenvalue weighted by Crippen LogP contribution is -2.44. The Bertz CT molecular complexity index is 408. The minimum atomic E-state index is 0.166. The number of rotatable bonds is 8. The Hall–Kier alpha value is -0.410. The fraction of sp³-hybridized carbons (Fsp3) is 0.722. The van der Waals surface area contributed by atoms with Gasteiger partial charge in [-0.2, -0.15) is 0 Å². The second-order valence-corrected chi connectivity index (χ2v) is 8.12. The molecule has 0 bridgehead atoms. The fourth-order valence-electron chi connectivity index (χ4n) is 2.57. The summed E-state index contributed by atoms with van der Waals surface area (Å²) >= 11 is 3.47. The van der Waals surface area contributed by atoms with Crippen molar-refractivity contribution in [2.45, 2.75) is 72.3 Å². The highest BCUT2D eigenvalue weighted by atomic mass is 79.9. The second-order valence-electron chi connectivity index (χ2n) is 7.21. The van der Waals surface area contributed by atoms with Crippen LogP contribution in [0.5, 0.6) is 0 Å². The van der Waals surface area contributed by atoms with Crippen LogP contribution in [0.2, 0.25) is 0 Å². The molecule has 0 aliphatic heterocycles. The van der Waals surface area contributed by atoms with Crippen LogP contribution in [0, 0.1) is 5.41 Å². The van der Waals surface area contributed by atoms with Crippen LogP contribution in [0.3, 0.4) is 0 Å². The molecule has 1 N–H and O–H groups in total. The maximum atomic E-state index is 4.59. The van der Waals surface area contributed by atoms with Gasteiger partial charge in [0.15, 0.2) is 0 Å². The summed E-state index contributed by atoms with van der Waals surface area (Å²) in [6, 6.07) is 4.25. The van der Waals surface area contributed by atoms with Crippen molar-refractivity contribution in [3.05, 3.63) is 28.5 Å². The van der Waals surface area contributed by atoms with Crippen LogP contribution >= 0.6 is 15.9 Å². The Morgan fingerprint density at radius 1 is 1.19 bits per heavy atom. The summed E-state index contributed by atoms with van der Waals surface area (Å²) in [5.41, 5.74) is 1.68. The van der Waals surface area contributed by atoms with Gasteiger partial charge in [0, 0.05) is 28.4 Å². The first-order valence-corrected chi connectivity index (χ1v) is 8.95. The van der Waals surface area contributed by atoms with E-state index in [0.29, 0.717) is 5.41 Å². The van der Waals surface area contributed by atoms with Gasteiger partial charge in [-0.15, -0.1) is 0 Å². The van der Waals surface area contributed by atoms with Gasteiger partial charge in [0.1, 0.15) is 0 Å². The molecule has 2 nitrogen and oxygen atoms in total. The Labute approximate surface area is 139 Å². The smallest absolute Gasteiger partial charge is 0.0413 e. The summed E-state index contributed by atoms with van der Waals surface area (Å²) in [6.45, 7) is 12.4. The van der Waals surface area contributed by atoms with Gasteiger partial charge in [-0.1, -0.05) is 26.7 Å². The molecule has 0 aromatic carbocycles. The molecule has 0 aliphatic rings. The third-order valence-electron chi connectivity index (χ3n) is 4.15. The average Bonchev–Trinajstić information content (AvgIpc) is 2.43. The van der Waals surface area contributed by atoms with Gasteiger partial charge < -0.3 is 5.32 Å². The molecule has 1 atom stereocenters. The average molecular weight is 355 g/mol. The summed E-state index contributed by atoms with van der Waals surface area (Å²) < 4.78 is 1.05. The lowest BCUT2D eigenvalue weighted by atomic mass is 9.75. The molecule has 0 aliphatic carbocycles. The highest BCUT2D eigenvalue weighted by molar-refractivity contribution is 9.10. The van der Waals surface area contributed by atoms with E-state index < -0.39 is 0 Å². The SMILES string of the molecule is CCCCC(CC)(CNC(C)(C)C)Cc1ccc(Br)cn1. The van der Waals surface area contributed by atoms with Crippen molar-refractivity contribution in [3.63, 3.8) is 0 Å². The highest BCUT2D eigenvalue weighted by Gasteiger charge is 2.29. The molecule has 1 rings (SSSR count). The van der Waals surface area contributed by atoms with E-state index in [2.05, 4.69) is 73.0 Å². The number of nitrogens with zero attached hydrogens (tertiary/aromatic N) is 1. The maximum Gasteiger partial charge on any atom is 0.0413 e. The monoisotopic (exact) mass is 354 g/mol. The highest BCUT2D eigenvalue weighted by Crippen LogP contribution is 2.33. The van der Waals surface area contributed by atoms with Gasteiger partial charge in [-0.05, 0) is 73.5 Å². The lowest BCUT2D eigenvalue weighted by Gasteiger charge is -2.36. The van der Waals surface area contributed by atoms with Gasteiger partial charge in [-0.3, -0.25) is 4.98 Å². The first kappa shape index (κ1) is 18.6. The second kappa shape index (κ2) is 8.28. The van der Waals surface area contributed by atoms with Gasteiger partial charge in [0.05, 0.1) is 0 Å². The zero-order valence-corrected chi connectivity index (χ0v) is 15.9. The Morgan fingerprint density at radius 2 is 1.90 bits per heavy atom. The number of halogens is 1. The van der Waals surface area contributed by atoms with Crippen LogP contribution in [0.15, 0.2) is 22.8 Å². The Kier molecular flexibility index (Phi) is 7.35. The molecule has 1 aromatic rings. The Balaban J connectivity index is 2.85. The molecule has 120 valence electrons. The zero-order chi connectivity index (χ0) is 15.9. The third kappa shape index (κ3) is 6.92. The van der Waals surface area contributed by atoms with Crippen molar-refractivity contribution in [2.75, 3.05) is 6.54 Å². The quantitative estimate of drug-likeness (QED) is 0.679. The van der Waals surface area contributed by atoms with Crippen molar-refractivity contribution in [2.24, 2.45) is 5.41 Å². The molecule has 1 unspecified atom stereocenters. The zero-order valence-electron chi connectivity index (χ0n) is 14.3. The number of pyridine rings is 1. The summed E-state index contributed by atoms with van der Waals surface area (Å²) in [7, 11) is 0. The molecule has 0 spiro atoms. The van der Waals surface area contributed by atoms with E-state index in [1.54, 1.807) is 0 Å². The van der Waals surface area contributed by atoms with E-state index in [4.69, 9.17) is 0 Å². The van der Waals surface area contributed by atoms with Crippen LogP contribution in [0.1, 0.15) is 66.0 Å². The summed E-state index contributed by atoms with van der Waals surface area (Å²) in [4.78, 5) is 4.59. The van der Waals surface area contributed by atoms with E-state index >= 15 is 0 Å². The van der Waals surface area contributed by atoms with E-state index in [1.807, 2.05) is 6.20 Å². The Morgan fingerprint density at radius 3 is 2.38 bits per heavy atom. The molecular weight excluding hydrogens is 324 g/mol. The van der Waals surface area contributed by atoms with Gasteiger partial charge in [0.2, 0.25) is 0 Å². The minimum absolute atomic E-state index is 0.166. The largest absolute Gasteiger partial charge is 0.312 e. The minimum Gasteiger partial charge on any atom is -0.312 e. The predicted octanol–water partition coefficient (Wildman–Crippen LogP) is 5.36. The fourth-order valence-corrected chi connectivity index (χ4v) is 2.80. The van der Waals surface area contributed by atoms with Crippen LogP contribution < -0.4 is 5.32 Å². The maximum absolute atomic E-state index is 4.59. The summed E-state index contributed by atoms with van der Waals surface area (Å²) in [5.74, 6) is 0. The molecular formula is C18H31BrN2. The van der Waals surface area contributed by atoms with Crippen molar-refractivity contribution in [1.82, 2.24) is 10.3 Å².